The highest BCUT2D eigenvalue weighted by Gasteiger charge is 2.21. The lowest BCUT2D eigenvalue weighted by atomic mass is 10.1. The number of hydrogen-bond acceptors (Lipinski definition) is 6. The highest BCUT2D eigenvalue weighted by molar-refractivity contribution is 7.91. The number of thiazole rings is 1. The van der Waals surface area contributed by atoms with Gasteiger partial charge in [-0.2, -0.15) is 8.78 Å². The molecule has 0 radical (unpaired) electrons. The average Bonchev–Trinajstić information content (AvgIpc) is 3.16. The molecule has 1 N–H and O–H groups in total. The molecule has 0 unspecified atom stereocenters. The Kier molecular flexibility index (Phi) is 7.34. The minimum atomic E-state index is -3.83. The maximum atomic E-state index is 12.5. The Morgan fingerprint density at radius 2 is 1.87 bits per heavy atom. The van der Waals surface area contributed by atoms with Crippen LogP contribution in [-0.2, 0) is 26.8 Å². The number of rotatable bonds is 9. The number of carbonyl (C=O) groups is 1. The summed E-state index contributed by atoms with van der Waals surface area (Å²) in [6, 6.07) is 13.4. The number of carbonyl (C=O) groups excluding carboxylic acids is 1. The zero-order chi connectivity index (χ0) is 22.4. The number of aromatic nitrogens is 1. The SMILES string of the molecule is CCc1ccc(-c2nc(CS(=O)(=O)CC(=O)Nc3ccccc3OC(F)F)cs2)cc1. The summed E-state index contributed by atoms with van der Waals surface area (Å²) in [6.07, 6.45) is 0.919. The van der Waals surface area contributed by atoms with Crippen LogP contribution >= 0.6 is 11.3 Å². The lowest BCUT2D eigenvalue weighted by Crippen LogP contribution is -2.24. The van der Waals surface area contributed by atoms with E-state index in [4.69, 9.17) is 0 Å². The third-order valence-electron chi connectivity index (χ3n) is 4.26. The first-order valence-corrected chi connectivity index (χ1v) is 12.0. The fraction of sp³-hybridized carbons (Fsp3) is 0.238. The second-order valence-corrected chi connectivity index (χ2v) is 9.57. The van der Waals surface area contributed by atoms with E-state index in [0.29, 0.717) is 10.7 Å². The number of para-hydroxylation sites is 2. The van der Waals surface area contributed by atoms with Crippen LogP contribution in [-0.4, -0.2) is 31.7 Å². The van der Waals surface area contributed by atoms with Gasteiger partial charge in [0, 0.05) is 10.9 Å². The number of hydrogen-bond donors (Lipinski definition) is 1. The van der Waals surface area contributed by atoms with Gasteiger partial charge in [0.05, 0.1) is 17.1 Å². The molecule has 1 amide bonds. The zero-order valence-corrected chi connectivity index (χ0v) is 18.2. The molecule has 3 aromatic rings. The molecule has 31 heavy (non-hydrogen) atoms. The van der Waals surface area contributed by atoms with Crippen molar-refractivity contribution in [2.45, 2.75) is 25.7 Å². The summed E-state index contributed by atoms with van der Waals surface area (Å²) in [7, 11) is -3.83. The number of alkyl halides is 2. The van der Waals surface area contributed by atoms with Gasteiger partial charge in [0.1, 0.15) is 16.5 Å². The minimum Gasteiger partial charge on any atom is -0.433 e. The van der Waals surface area contributed by atoms with Gasteiger partial charge in [-0.25, -0.2) is 13.4 Å². The maximum absolute atomic E-state index is 12.5. The predicted molar refractivity (Wildman–Crippen MR) is 116 cm³/mol. The fourth-order valence-corrected chi connectivity index (χ4v) is 4.92. The van der Waals surface area contributed by atoms with Crippen LogP contribution in [0.5, 0.6) is 5.75 Å². The highest BCUT2D eigenvalue weighted by atomic mass is 32.2. The van der Waals surface area contributed by atoms with E-state index in [0.717, 1.165) is 12.0 Å². The van der Waals surface area contributed by atoms with Crippen molar-refractivity contribution in [3.63, 3.8) is 0 Å². The van der Waals surface area contributed by atoms with Crippen LogP contribution in [0.1, 0.15) is 18.2 Å². The number of nitrogens with one attached hydrogen (secondary N) is 1. The van der Waals surface area contributed by atoms with Crippen LogP contribution in [0.15, 0.2) is 53.9 Å². The molecule has 6 nitrogen and oxygen atoms in total. The number of benzene rings is 2. The van der Waals surface area contributed by atoms with Crippen LogP contribution in [0.2, 0.25) is 0 Å². The number of amides is 1. The first-order chi connectivity index (χ1) is 14.8. The molecule has 1 aromatic heterocycles. The quantitative estimate of drug-likeness (QED) is 0.501. The molecular formula is C21H20F2N2O4S2. The van der Waals surface area contributed by atoms with E-state index in [1.54, 1.807) is 5.38 Å². The Morgan fingerprint density at radius 1 is 1.16 bits per heavy atom. The highest BCUT2D eigenvalue weighted by Crippen LogP contribution is 2.27. The van der Waals surface area contributed by atoms with Crippen LogP contribution < -0.4 is 10.1 Å². The van der Waals surface area contributed by atoms with Crippen molar-refractivity contribution in [1.29, 1.82) is 0 Å². The normalized spacial score (nSPS) is 11.5. The molecule has 0 bridgehead atoms. The van der Waals surface area contributed by atoms with Crippen LogP contribution in [0.25, 0.3) is 10.6 Å². The third kappa shape index (κ3) is 6.56. The Hall–Kier alpha value is -2.85. The molecule has 1 heterocycles. The van der Waals surface area contributed by atoms with Gasteiger partial charge in [-0.15, -0.1) is 11.3 Å². The summed E-state index contributed by atoms with van der Waals surface area (Å²) >= 11 is 1.32. The smallest absolute Gasteiger partial charge is 0.387 e. The number of nitrogens with zero attached hydrogens (tertiary/aromatic N) is 1. The van der Waals surface area contributed by atoms with Crippen molar-refractivity contribution >= 4 is 32.8 Å². The number of halogens is 2. The molecule has 0 aliphatic carbocycles. The molecule has 3 rings (SSSR count). The predicted octanol–water partition coefficient (Wildman–Crippen LogP) is 4.53. The molecule has 10 heteroatoms. The second-order valence-electron chi connectivity index (χ2n) is 6.65. The van der Waals surface area contributed by atoms with Gasteiger partial charge in [-0.05, 0) is 24.1 Å². The third-order valence-corrected chi connectivity index (χ3v) is 6.63. The van der Waals surface area contributed by atoms with Crippen molar-refractivity contribution in [1.82, 2.24) is 4.98 Å². The molecule has 0 saturated heterocycles. The van der Waals surface area contributed by atoms with Crippen molar-refractivity contribution < 1.29 is 26.7 Å². The Labute approximate surface area is 182 Å². The number of ether oxygens (including phenoxy) is 1. The van der Waals surface area contributed by atoms with Gasteiger partial charge in [-0.1, -0.05) is 43.3 Å². The topological polar surface area (TPSA) is 85.4 Å². The van der Waals surface area contributed by atoms with Crippen LogP contribution in [0.4, 0.5) is 14.5 Å². The summed E-state index contributed by atoms with van der Waals surface area (Å²) in [4.78, 5) is 16.6. The lowest BCUT2D eigenvalue weighted by Gasteiger charge is -2.11. The zero-order valence-electron chi connectivity index (χ0n) is 16.5. The molecule has 0 fully saturated rings. The lowest BCUT2D eigenvalue weighted by molar-refractivity contribution is -0.114. The van der Waals surface area contributed by atoms with E-state index < -0.39 is 33.9 Å². The van der Waals surface area contributed by atoms with Gasteiger partial charge in [-0.3, -0.25) is 4.79 Å². The number of aryl methyl sites for hydroxylation is 1. The van der Waals surface area contributed by atoms with E-state index in [-0.39, 0.29) is 11.4 Å². The molecule has 0 aliphatic rings. The standard InChI is InChI=1S/C21H20F2N2O4S2/c1-2-14-7-9-15(10-8-14)20-24-16(11-30-20)12-31(27,28)13-19(26)25-17-5-3-4-6-18(17)29-21(22)23/h3-11,21H,2,12-13H2,1H3,(H,25,26). The van der Waals surface area contributed by atoms with E-state index >= 15 is 0 Å². The molecule has 2 aromatic carbocycles. The largest absolute Gasteiger partial charge is 0.433 e. The molecule has 164 valence electrons. The Bertz CT molecular complexity index is 1150. The molecule has 0 atom stereocenters. The molecular weight excluding hydrogens is 446 g/mol. The number of anilines is 1. The Morgan fingerprint density at radius 3 is 2.55 bits per heavy atom. The summed E-state index contributed by atoms with van der Waals surface area (Å²) in [5, 5.41) is 4.64. The average molecular weight is 467 g/mol. The van der Waals surface area contributed by atoms with Gasteiger partial charge >= 0.3 is 6.61 Å². The fourth-order valence-electron chi connectivity index (χ4n) is 2.82. The van der Waals surface area contributed by atoms with Gasteiger partial charge in [0.25, 0.3) is 0 Å². The first kappa shape index (κ1) is 22.8. The van der Waals surface area contributed by atoms with Crippen LogP contribution in [0, 0.1) is 0 Å². The van der Waals surface area contributed by atoms with E-state index in [2.05, 4.69) is 22.0 Å². The first-order valence-electron chi connectivity index (χ1n) is 9.33. The molecule has 0 saturated carbocycles. The van der Waals surface area contributed by atoms with E-state index in [1.807, 2.05) is 24.3 Å². The Balaban J connectivity index is 1.64. The molecule has 0 spiro atoms. The van der Waals surface area contributed by atoms with Crippen molar-refractivity contribution in [2.24, 2.45) is 0 Å². The van der Waals surface area contributed by atoms with Gasteiger partial charge in [0.15, 0.2) is 9.84 Å². The van der Waals surface area contributed by atoms with E-state index in [9.17, 15) is 22.0 Å². The van der Waals surface area contributed by atoms with Crippen LogP contribution in [0.3, 0.4) is 0 Å². The number of sulfone groups is 1. The maximum Gasteiger partial charge on any atom is 0.387 e. The van der Waals surface area contributed by atoms with Crippen molar-refractivity contribution in [2.75, 3.05) is 11.1 Å². The molecule has 0 aliphatic heterocycles. The monoisotopic (exact) mass is 466 g/mol. The summed E-state index contributed by atoms with van der Waals surface area (Å²) in [5.74, 6) is -2.31. The second kappa shape index (κ2) is 9.97. The summed E-state index contributed by atoms with van der Waals surface area (Å²) in [6.45, 7) is -1.01. The summed E-state index contributed by atoms with van der Waals surface area (Å²) in [5.41, 5.74) is 2.39. The van der Waals surface area contributed by atoms with Crippen molar-refractivity contribution in [3.8, 4) is 16.3 Å². The van der Waals surface area contributed by atoms with Crippen molar-refractivity contribution in [3.05, 3.63) is 65.2 Å². The van der Waals surface area contributed by atoms with Gasteiger partial charge < -0.3 is 10.1 Å². The minimum absolute atomic E-state index is 0.0329. The van der Waals surface area contributed by atoms with E-state index in [1.165, 1.54) is 41.2 Å². The summed E-state index contributed by atoms with van der Waals surface area (Å²) < 4.78 is 54.2. The van der Waals surface area contributed by atoms with Gasteiger partial charge in [0.2, 0.25) is 5.91 Å².